The molecule has 2 saturated heterocycles. The summed E-state index contributed by atoms with van der Waals surface area (Å²) >= 11 is 0. The first-order valence-corrected chi connectivity index (χ1v) is 19.7. The van der Waals surface area contributed by atoms with Gasteiger partial charge in [0, 0.05) is 49.1 Å². The second kappa shape index (κ2) is 18.9. The van der Waals surface area contributed by atoms with Gasteiger partial charge in [-0.25, -0.2) is 0 Å². The van der Waals surface area contributed by atoms with Crippen molar-refractivity contribution >= 4 is 28.4 Å². The minimum Gasteiger partial charge on any atom is -0.459 e. The van der Waals surface area contributed by atoms with Gasteiger partial charge in [-0.05, 0) is 91.6 Å². The van der Waals surface area contributed by atoms with E-state index in [-0.39, 0.29) is 31.6 Å². The molecule has 1 unspecified atom stereocenters. The van der Waals surface area contributed by atoms with Crippen molar-refractivity contribution in [1.29, 1.82) is 0 Å². The summed E-state index contributed by atoms with van der Waals surface area (Å²) in [5.41, 5.74) is -0.702. The minimum atomic E-state index is -1.76. The number of likely N-dealkylation sites (N-methyl/N-ethyl adjacent to an activating group) is 1. The lowest BCUT2D eigenvalue weighted by atomic mass is 9.74. The predicted molar refractivity (Wildman–Crippen MR) is 209 cm³/mol. The van der Waals surface area contributed by atoms with E-state index in [1.54, 1.807) is 27.7 Å². The van der Waals surface area contributed by atoms with Gasteiger partial charge in [0.15, 0.2) is 12.1 Å². The molecule has 13 nitrogen and oxygen atoms in total. The maximum absolute atomic E-state index is 14.2. The van der Waals surface area contributed by atoms with Gasteiger partial charge in [-0.3, -0.25) is 14.6 Å². The molecular weight excluding hydrogens is 706 g/mol. The largest absolute Gasteiger partial charge is 0.459 e. The SMILES string of the molecule is CC[C@@H]1OC(=O)[C@H](C)C(=O)[C@H](C)[C@@H](O[C@@H]2O[C@H](C)C[C@H](N(C)C)[C@H]2O)[C@@](C)(OC)C[C@@H](C)/C(=N\O)[C@@H](C)C(OCCCc2cnc3ccccc3c2)[C@]1(C)O. The molecule has 0 aliphatic carbocycles. The summed E-state index contributed by atoms with van der Waals surface area (Å²) in [7, 11) is 5.27. The summed E-state index contributed by atoms with van der Waals surface area (Å²) in [6.45, 7) is 14.1. The summed E-state index contributed by atoms with van der Waals surface area (Å²) in [6.07, 6.45) is -1.34. The van der Waals surface area contributed by atoms with Crippen molar-refractivity contribution in [2.24, 2.45) is 28.8 Å². The molecule has 2 aliphatic heterocycles. The average Bonchev–Trinajstić information content (AvgIpc) is 3.15. The fourth-order valence-corrected chi connectivity index (χ4v) is 8.67. The van der Waals surface area contributed by atoms with Gasteiger partial charge < -0.3 is 44.0 Å². The maximum Gasteiger partial charge on any atom is 0.316 e. The number of benzene rings is 1. The lowest BCUT2D eigenvalue weighted by molar-refractivity contribution is -0.295. The van der Waals surface area contributed by atoms with Gasteiger partial charge in [0.05, 0.1) is 35.1 Å². The molecule has 1 aromatic heterocycles. The number of aryl methyl sites for hydroxylation is 1. The number of rotatable bonds is 10. The number of hydrogen-bond donors (Lipinski definition) is 3. The first-order valence-electron chi connectivity index (χ1n) is 19.7. The third-order valence-electron chi connectivity index (χ3n) is 12.0. The van der Waals surface area contributed by atoms with Gasteiger partial charge in [0.2, 0.25) is 0 Å². The van der Waals surface area contributed by atoms with Crippen LogP contribution in [0.15, 0.2) is 41.7 Å². The molecule has 1 aromatic carbocycles. The zero-order valence-electron chi connectivity index (χ0n) is 34.6. The van der Waals surface area contributed by atoms with Crippen molar-refractivity contribution in [3.63, 3.8) is 0 Å². The number of cyclic esters (lactones) is 1. The fraction of sp³-hybridized carbons (Fsp3) is 0.714. The van der Waals surface area contributed by atoms with Crippen LogP contribution in [0.25, 0.3) is 10.9 Å². The Kier molecular flexibility index (Phi) is 15.4. The van der Waals surface area contributed by atoms with E-state index in [2.05, 4.69) is 16.2 Å². The van der Waals surface area contributed by atoms with Crippen LogP contribution >= 0.6 is 0 Å². The number of aliphatic hydroxyl groups excluding tert-OH is 1. The highest BCUT2D eigenvalue weighted by Gasteiger charge is 2.52. The van der Waals surface area contributed by atoms with E-state index in [0.29, 0.717) is 25.0 Å². The quantitative estimate of drug-likeness (QED) is 0.0952. The van der Waals surface area contributed by atoms with Crippen LogP contribution in [0.2, 0.25) is 0 Å². The van der Waals surface area contributed by atoms with Gasteiger partial charge in [-0.2, -0.15) is 0 Å². The minimum absolute atomic E-state index is 0.199. The lowest BCUT2D eigenvalue weighted by Crippen LogP contribution is -2.60. The molecule has 0 bridgehead atoms. The summed E-state index contributed by atoms with van der Waals surface area (Å²) in [4.78, 5) is 34.5. The first kappa shape index (κ1) is 44.7. The molecule has 3 heterocycles. The second-order valence-corrected chi connectivity index (χ2v) is 16.5. The Morgan fingerprint density at radius 2 is 1.75 bits per heavy atom. The number of pyridine rings is 1. The molecular formula is C42H65N3O10. The number of esters is 1. The van der Waals surface area contributed by atoms with Crippen LogP contribution in [0.1, 0.15) is 86.6 Å². The van der Waals surface area contributed by atoms with E-state index in [1.807, 2.05) is 70.2 Å². The summed E-state index contributed by atoms with van der Waals surface area (Å²) in [6, 6.07) is 9.74. The van der Waals surface area contributed by atoms with Crippen molar-refractivity contribution in [3.8, 4) is 0 Å². The summed E-state index contributed by atoms with van der Waals surface area (Å²) < 4.78 is 31.5. The molecule has 4 rings (SSSR count). The molecule has 0 amide bonds. The van der Waals surface area contributed by atoms with Crippen LogP contribution in [0, 0.1) is 23.7 Å². The van der Waals surface area contributed by atoms with Gasteiger partial charge in [-0.15, -0.1) is 0 Å². The van der Waals surface area contributed by atoms with E-state index >= 15 is 0 Å². The average molecular weight is 772 g/mol. The number of ether oxygens (including phenoxy) is 5. The molecule has 0 saturated carbocycles. The van der Waals surface area contributed by atoms with E-state index < -0.39 is 77.3 Å². The highest BCUT2D eigenvalue weighted by atomic mass is 16.7. The fourth-order valence-electron chi connectivity index (χ4n) is 8.67. The van der Waals surface area contributed by atoms with Crippen molar-refractivity contribution in [1.82, 2.24) is 9.88 Å². The number of oxime groups is 1. The third kappa shape index (κ3) is 10.1. The number of carbonyl (C=O) groups is 2. The van der Waals surface area contributed by atoms with E-state index in [4.69, 9.17) is 23.7 Å². The summed E-state index contributed by atoms with van der Waals surface area (Å²) in [5, 5.41) is 39.2. The Labute approximate surface area is 326 Å². The highest BCUT2D eigenvalue weighted by Crippen LogP contribution is 2.39. The standard InChI is InChI=1S/C42H65N3O10/c1-12-33-42(8,49)38(52-19-15-16-29-21-30-17-13-14-18-31(30)43-23-29)26(4)34(44-50)24(2)22-41(7,51-11)37(27(5)35(46)28(6)39(48)54-33)55-40-36(47)32(45(9)10)20-25(3)53-40/h13-14,17-18,21,23-28,32-33,36-38,40,47,49-50H,12,15-16,19-20,22H2,1-11H3/b44-34+/t24-,25-,26-,27+,28-,32+,33+,36-,37-,38?,40+,41+,42-/m1/s1. The number of nitrogens with zero attached hydrogens (tertiary/aromatic N) is 3. The van der Waals surface area contributed by atoms with Crippen LogP contribution in [0.5, 0.6) is 0 Å². The summed E-state index contributed by atoms with van der Waals surface area (Å²) in [5.74, 6) is -4.57. The van der Waals surface area contributed by atoms with Crippen LogP contribution in [0.3, 0.4) is 0 Å². The van der Waals surface area contributed by atoms with E-state index in [9.17, 15) is 25.0 Å². The number of aliphatic hydroxyl groups is 2. The zero-order valence-corrected chi connectivity index (χ0v) is 34.6. The van der Waals surface area contributed by atoms with Crippen molar-refractivity contribution in [2.45, 2.75) is 142 Å². The second-order valence-electron chi connectivity index (χ2n) is 16.5. The molecule has 13 atom stereocenters. The molecule has 2 aliphatic rings. The highest BCUT2D eigenvalue weighted by molar-refractivity contribution is 6.00. The van der Waals surface area contributed by atoms with E-state index in [1.165, 1.54) is 14.0 Å². The monoisotopic (exact) mass is 771 g/mol. The first-order chi connectivity index (χ1) is 25.9. The van der Waals surface area contributed by atoms with E-state index in [0.717, 1.165) is 16.5 Å². The predicted octanol–water partition coefficient (Wildman–Crippen LogP) is 5.19. The number of methoxy groups -OCH3 is 1. The van der Waals surface area contributed by atoms with Crippen molar-refractivity contribution in [2.75, 3.05) is 27.8 Å². The number of ketones is 1. The van der Waals surface area contributed by atoms with Crippen LogP contribution in [0.4, 0.5) is 0 Å². The Hall–Kier alpha value is -3.04. The van der Waals surface area contributed by atoms with Crippen LogP contribution in [-0.4, -0.2) is 125 Å². The topological polar surface area (TPSA) is 169 Å². The molecule has 2 fully saturated rings. The van der Waals surface area contributed by atoms with Gasteiger partial charge in [0.1, 0.15) is 23.7 Å². The molecule has 3 N–H and O–H groups in total. The number of carbonyl (C=O) groups excluding carboxylic acids is 2. The Morgan fingerprint density at radius 1 is 1.05 bits per heavy atom. The smallest absolute Gasteiger partial charge is 0.316 e. The Morgan fingerprint density at radius 3 is 2.38 bits per heavy atom. The molecule has 0 radical (unpaired) electrons. The van der Waals surface area contributed by atoms with Crippen molar-refractivity contribution in [3.05, 3.63) is 42.1 Å². The molecule has 55 heavy (non-hydrogen) atoms. The molecule has 13 heteroatoms. The maximum atomic E-state index is 14.2. The number of hydrogen-bond acceptors (Lipinski definition) is 13. The molecule has 308 valence electrons. The lowest BCUT2D eigenvalue weighted by Gasteiger charge is -2.47. The molecule has 2 aromatic rings. The van der Waals surface area contributed by atoms with Gasteiger partial charge in [0.25, 0.3) is 0 Å². The number of aromatic nitrogens is 1. The third-order valence-corrected chi connectivity index (χ3v) is 12.0. The van der Waals surface area contributed by atoms with Crippen LogP contribution < -0.4 is 0 Å². The van der Waals surface area contributed by atoms with Crippen LogP contribution in [-0.2, 0) is 39.7 Å². The number of para-hydroxylation sites is 1. The Balaban J connectivity index is 1.69. The number of fused-ring (bicyclic) bond motifs is 1. The normalized spacial score (nSPS) is 37.9. The van der Waals surface area contributed by atoms with Gasteiger partial charge >= 0.3 is 5.97 Å². The Bertz CT molecular complexity index is 1620. The molecule has 0 spiro atoms. The number of Topliss-reactive ketones (excluding diaryl/α,β-unsaturated/α-hetero) is 1. The van der Waals surface area contributed by atoms with Crippen molar-refractivity contribution < 1.29 is 48.7 Å². The zero-order chi connectivity index (χ0) is 40.8. The van der Waals surface area contributed by atoms with Gasteiger partial charge in [-0.1, -0.05) is 51.0 Å².